The van der Waals surface area contributed by atoms with Crippen LogP contribution in [0.4, 0.5) is 4.39 Å². The number of nitrogens with zero attached hydrogens (tertiary/aromatic N) is 4. The molecule has 1 aromatic carbocycles. The third kappa shape index (κ3) is 4.28. The molecule has 4 rings (SSSR count). The number of carbonyl (C=O) groups excluding carboxylic acids is 2. The number of fused-ring (bicyclic) bond motifs is 1. The minimum absolute atomic E-state index is 0.00628. The fraction of sp³-hybridized carbons (Fsp3) is 0.524. The van der Waals surface area contributed by atoms with E-state index in [0.29, 0.717) is 19.4 Å². The van der Waals surface area contributed by atoms with E-state index in [4.69, 9.17) is 0 Å². The molecule has 7 nitrogen and oxygen atoms in total. The third-order valence-corrected chi connectivity index (χ3v) is 6.09. The van der Waals surface area contributed by atoms with Crippen LogP contribution in [0.2, 0.25) is 0 Å². The normalized spacial score (nSPS) is 24.9. The van der Waals surface area contributed by atoms with E-state index in [-0.39, 0.29) is 29.7 Å². The second-order valence-corrected chi connectivity index (χ2v) is 7.79. The van der Waals surface area contributed by atoms with Crippen molar-refractivity contribution in [3.63, 3.8) is 0 Å². The molecule has 3 aliphatic rings. The number of halogens is 1. The number of piperazine rings is 1. The first-order chi connectivity index (χ1) is 14.0. The molecule has 0 aliphatic carbocycles. The summed E-state index contributed by atoms with van der Waals surface area (Å²) in [7, 11) is 0. The summed E-state index contributed by atoms with van der Waals surface area (Å²) in [6, 6.07) is 6.01. The maximum atomic E-state index is 13.2. The van der Waals surface area contributed by atoms with Crippen LogP contribution in [0.25, 0.3) is 0 Å². The highest BCUT2D eigenvalue weighted by molar-refractivity contribution is 5.85. The minimum Gasteiger partial charge on any atom is -0.340 e. The molecule has 29 heavy (non-hydrogen) atoms. The van der Waals surface area contributed by atoms with Gasteiger partial charge in [-0.1, -0.05) is 19.1 Å². The predicted octanol–water partition coefficient (Wildman–Crippen LogP) is 1.31. The molecule has 0 radical (unpaired) electrons. The van der Waals surface area contributed by atoms with E-state index in [0.717, 1.165) is 38.3 Å². The molecule has 2 atom stereocenters. The average molecular weight is 401 g/mol. The second-order valence-electron chi connectivity index (χ2n) is 7.79. The zero-order chi connectivity index (χ0) is 20.4. The summed E-state index contributed by atoms with van der Waals surface area (Å²) in [6.07, 6.45) is 4.53. The van der Waals surface area contributed by atoms with E-state index in [1.165, 1.54) is 12.1 Å². The standard InChI is InChI=1S/C21H28FN5O2/c1-2-24-9-11-25(12-10-24)20(28)7-8-26-13-14-27-19(21(26)29)15-18(23-27)16-3-5-17(22)6-4-16/h3-6,13-14,18-19,23H,2,7-12,15H2,1H3. The van der Waals surface area contributed by atoms with Crippen LogP contribution in [-0.2, 0) is 9.59 Å². The van der Waals surface area contributed by atoms with Crippen molar-refractivity contribution < 1.29 is 14.0 Å². The van der Waals surface area contributed by atoms with Gasteiger partial charge in [-0.15, -0.1) is 0 Å². The smallest absolute Gasteiger partial charge is 0.250 e. The molecule has 3 heterocycles. The number of benzene rings is 1. The molecule has 2 fully saturated rings. The van der Waals surface area contributed by atoms with Crippen LogP contribution in [0, 0.1) is 5.82 Å². The van der Waals surface area contributed by atoms with Gasteiger partial charge in [-0.2, -0.15) is 0 Å². The van der Waals surface area contributed by atoms with E-state index in [1.54, 1.807) is 23.2 Å². The molecular weight excluding hydrogens is 373 g/mol. The van der Waals surface area contributed by atoms with Crippen molar-refractivity contribution >= 4 is 11.8 Å². The van der Waals surface area contributed by atoms with Crippen LogP contribution >= 0.6 is 0 Å². The van der Waals surface area contributed by atoms with E-state index in [2.05, 4.69) is 17.2 Å². The maximum absolute atomic E-state index is 13.2. The van der Waals surface area contributed by atoms with Crippen molar-refractivity contribution in [2.24, 2.45) is 0 Å². The summed E-state index contributed by atoms with van der Waals surface area (Å²) in [5.74, 6) is -0.168. The Hall–Kier alpha value is -2.45. The summed E-state index contributed by atoms with van der Waals surface area (Å²) in [5, 5.41) is 1.82. The van der Waals surface area contributed by atoms with Crippen LogP contribution in [0.3, 0.4) is 0 Å². The zero-order valence-electron chi connectivity index (χ0n) is 16.8. The van der Waals surface area contributed by atoms with Gasteiger partial charge in [0.25, 0.3) is 5.91 Å². The summed E-state index contributed by atoms with van der Waals surface area (Å²) in [6.45, 7) is 6.89. The Balaban J connectivity index is 1.30. The van der Waals surface area contributed by atoms with Crippen LogP contribution in [0.1, 0.15) is 31.4 Å². The molecular formula is C21H28FN5O2. The number of carbonyl (C=O) groups is 2. The Morgan fingerprint density at radius 2 is 1.86 bits per heavy atom. The molecule has 2 saturated heterocycles. The summed E-state index contributed by atoms with van der Waals surface area (Å²) in [4.78, 5) is 31.3. The first kappa shape index (κ1) is 19.8. The lowest BCUT2D eigenvalue weighted by atomic mass is 10.0. The highest BCUT2D eigenvalue weighted by Gasteiger charge is 2.40. The van der Waals surface area contributed by atoms with E-state index >= 15 is 0 Å². The molecule has 156 valence electrons. The lowest BCUT2D eigenvalue weighted by Gasteiger charge is -2.35. The lowest BCUT2D eigenvalue weighted by Crippen LogP contribution is -2.50. The van der Waals surface area contributed by atoms with Crippen LogP contribution < -0.4 is 5.43 Å². The van der Waals surface area contributed by atoms with Gasteiger partial charge in [0.2, 0.25) is 5.91 Å². The lowest BCUT2D eigenvalue weighted by molar-refractivity contribution is -0.136. The highest BCUT2D eigenvalue weighted by Crippen LogP contribution is 2.30. The van der Waals surface area contributed by atoms with Crippen molar-refractivity contribution in [3.05, 3.63) is 48.0 Å². The minimum atomic E-state index is -0.307. The van der Waals surface area contributed by atoms with E-state index in [1.807, 2.05) is 16.1 Å². The van der Waals surface area contributed by atoms with Gasteiger partial charge in [0.05, 0.1) is 6.04 Å². The monoisotopic (exact) mass is 401 g/mol. The number of hydrogen-bond acceptors (Lipinski definition) is 5. The topological polar surface area (TPSA) is 59.1 Å². The number of amides is 2. The number of nitrogens with one attached hydrogen (secondary N) is 1. The fourth-order valence-electron chi connectivity index (χ4n) is 4.22. The first-order valence-corrected chi connectivity index (χ1v) is 10.3. The quantitative estimate of drug-likeness (QED) is 0.806. The molecule has 1 N–H and O–H groups in total. The van der Waals surface area contributed by atoms with Crippen molar-refractivity contribution in [2.45, 2.75) is 31.8 Å². The van der Waals surface area contributed by atoms with Crippen molar-refractivity contribution in [1.82, 2.24) is 25.1 Å². The van der Waals surface area contributed by atoms with Gasteiger partial charge in [0, 0.05) is 51.5 Å². The third-order valence-electron chi connectivity index (χ3n) is 6.09. The van der Waals surface area contributed by atoms with Gasteiger partial charge in [-0.25, -0.2) is 9.82 Å². The average Bonchev–Trinajstić information content (AvgIpc) is 3.19. The summed E-state index contributed by atoms with van der Waals surface area (Å²) >= 11 is 0. The van der Waals surface area contributed by atoms with Crippen molar-refractivity contribution in [3.8, 4) is 0 Å². The second kappa shape index (κ2) is 8.51. The molecule has 2 unspecified atom stereocenters. The molecule has 1 aromatic rings. The number of hydrogen-bond donors (Lipinski definition) is 1. The highest BCUT2D eigenvalue weighted by atomic mass is 19.1. The molecule has 0 spiro atoms. The Morgan fingerprint density at radius 3 is 2.55 bits per heavy atom. The van der Waals surface area contributed by atoms with Crippen LogP contribution in [0.5, 0.6) is 0 Å². The van der Waals surface area contributed by atoms with E-state index in [9.17, 15) is 14.0 Å². The number of rotatable bonds is 5. The Kier molecular flexibility index (Phi) is 5.82. The fourth-order valence-corrected chi connectivity index (χ4v) is 4.22. The van der Waals surface area contributed by atoms with Crippen molar-refractivity contribution in [2.75, 3.05) is 39.3 Å². The summed E-state index contributed by atoms with van der Waals surface area (Å²) < 4.78 is 13.2. The van der Waals surface area contributed by atoms with E-state index < -0.39 is 0 Å². The van der Waals surface area contributed by atoms with Crippen LogP contribution in [0.15, 0.2) is 36.7 Å². The van der Waals surface area contributed by atoms with Crippen molar-refractivity contribution in [1.29, 1.82) is 0 Å². The summed E-state index contributed by atoms with van der Waals surface area (Å²) in [5.41, 5.74) is 4.26. The molecule has 3 aliphatic heterocycles. The Morgan fingerprint density at radius 1 is 1.14 bits per heavy atom. The van der Waals surface area contributed by atoms with Gasteiger partial charge in [-0.05, 0) is 30.7 Å². The van der Waals surface area contributed by atoms with Gasteiger partial charge >= 0.3 is 0 Å². The maximum Gasteiger partial charge on any atom is 0.250 e. The zero-order valence-corrected chi connectivity index (χ0v) is 16.8. The number of hydrazine groups is 1. The molecule has 0 bridgehead atoms. The molecule has 0 aromatic heterocycles. The molecule has 8 heteroatoms. The Labute approximate surface area is 170 Å². The van der Waals surface area contributed by atoms with Crippen LogP contribution in [-0.4, -0.2) is 76.8 Å². The van der Waals surface area contributed by atoms with Gasteiger partial charge in [-0.3, -0.25) is 9.59 Å². The SMILES string of the molecule is CCN1CCN(C(=O)CCN2C=CN3NC(c4ccc(F)cc4)CC3C2=O)CC1. The number of likely N-dealkylation sites (N-methyl/N-ethyl adjacent to an activating group) is 1. The molecule has 0 saturated carbocycles. The van der Waals surface area contributed by atoms with Gasteiger partial charge in [0.15, 0.2) is 0 Å². The first-order valence-electron chi connectivity index (χ1n) is 10.3. The largest absolute Gasteiger partial charge is 0.340 e. The molecule has 2 amide bonds. The van der Waals surface area contributed by atoms with Gasteiger partial charge in [0.1, 0.15) is 11.9 Å². The van der Waals surface area contributed by atoms with Gasteiger partial charge < -0.3 is 19.7 Å². The predicted molar refractivity (Wildman–Crippen MR) is 107 cm³/mol. The Bertz CT molecular complexity index is 776.